The molecule has 0 radical (unpaired) electrons. The molecule has 0 aromatic rings. The molecule has 0 rings (SSSR count). The van der Waals surface area contributed by atoms with Crippen LogP contribution < -0.4 is 0 Å². The summed E-state index contributed by atoms with van der Waals surface area (Å²) in [4.78, 5) is 5.12. The Balaban J connectivity index is 4.32. The first-order valence-corrected chi connectivity index (χ1v) is 8.04. The van der Waals surface area contributed by atoms with Gasteiger partial charge in [-0.25, -0.2) is 0 Å². The largest absolute Gasteiger partial charge is 0.299 e. The summed E-state index contributed by atoms with van der Waals surface area (Å²) in [6, 6.07) is 0.667. The maximum Gasteiger partial charge on any atom is 0.0153 e. The van der Waals surface area contributed by atoms with Crippen molar-refractivity contribution >= 4 is 0 Å². The lowest BCUT2D eigenvalue weighted by molar-refractivity contribution is 0.0842. The Hall–Kier alpha value is -0.0800. The Labute approximate surface area is 122 Å². The molecule has 1 atom stereocenters. The zero-order valence-electron chi connectivity index (χ0n) is 15.0. The van der Waals surface area contributed by atoms with Gasteiger partial charge < -0.3 is 0 Å². The molecule has 0 N–H and O–H groups in total. The average Bonchev–Trinajstić information content (AvgIpc) is 2.30. The minimum Gasteiger partial charge on any atom is -0.299 e. The highest BCUT2D eigenvalue weighted by Crippen LogP contribution is 2.23. The van der Waals surface area contributed by atoms with Crippen molar-refractivity contribution in [3.05, 3.63) is 0 Å². The molecule has 0 saturated carbocycles. The van der Waals surface area contributed by atoms with E-state index in [0.717, 1.165) is 6.54 Å². The molecule has 0 fully saturated rings. The van der Waals surface area contributed by atoms with Crippen LogP contribution >= 0.6 is 0 Å². The number of rotatable bonds is 8. The van der Waals surface area contributed by atoms with E-state index in [1.165, 1.54) is 25.8 Å². The average molecular weight is 271 g/mol. The van der Waals surface area contributed by atoms with E-state index < -0.39 is 0 Å². The van der Waals surface area contributed by atoms with Crippen LogP contribution in [0.4, 0.5) is 0 Å². The summed E-state index contributed by atoms with van der Waals surface area (Å²) in [6.07, 6.45) is 3.77. The van der Waals surface area contributed by atoms with Gasteiger partial charge in [-0.1, -0.05) is 13.8 Å². The topological polar surface area (TPSA) is 6.48 Å². The fourth-order valence-corrected chi connectivity index (χ4v) is 2.72. The van der Waals surface area contributed by atoms with Crippen molar-refractivity contribution in [2.75, 3.05) is 20.1 Å². The van der Waals surface area contributed by atoms with Gasteiger partial charge in [0.2, 0.25) is 0 Å². The van der Waals surface area contributed by atoms with E-state index in [9.17, 15) is 0 Å². The second-order valence-corrected chi connectivity index (χ2v) is 7.53. The van der Waals surface area contributed by atoms with Crippen LogP contribution in [0.3, 0.4) is 0 Å². The summed E-state index contributed by atoms with van der Waals surface area (Å²) in [5.41, 5.74) is 0.591. The minimum atomic E-state index is 0.293. The zero-order chi connectivity index (χ0) is 15.3. The summed E-state index contributed by atoms with van der Waals surface area (Å²) in [7, 11) is 2.27. The fourth-order valence-electron chi connectivity index (χ4n) is 2.72. The molecule has 0 bridgehead atoms. The molecular weight excluding hydrogens is 232 g/mol. The lowest BCUT2D eigenvalue weighted by Crippen LogP contribution is -2.47. The van der Waals surface area contributed by atoms with Crippen LogP contribution in [-0.2, 0) is 0 Å². The van der Waals surface area contributed by atoms with Crippen LogP contribution in [0.15, 0.2) is 0 Å². The zero-order valence-corrected chi connectivity index (χ0v) is 15.0. The maximum atomic E-state index is 2.58. The highest BCUT2D eigenvalue weighted by molar-refractivity contribution is 4.83. The monoisotopic (exact) mass is 270 g/mol. The van der Waals surface area contributed by atoms with E-state index in [1.54, 1.807) is 0 Å². The maximum absolute atomic E-state index is 2.58. The van der Waals surface area contributed by atoms with Crippen molar-refractivity contribution in [1.82, 2.24) is 9.80 Å². The van der Waals surface area contributed by atoms with Crippen molar-refractivity contribution in [2.45, 2.75) is 91.8 Å². The van der Waals surface area contributed by atoms with Crippen molar-refractivity contribution < 1.29 is 0 Å². The summed E-state index contributed by atoms with van der Waals surface area (Å²) >= 11 is 0. The predicted molar refractivity (Wildman–Crippen MR) is 87.8 cm³/mol. The van der Waals surface area contributed by atoms with Crippen LogP contribution in [0.2, 0.25) is 0 Å². The first kappa shape index (κ1) is 18.9. The fraction of sp³-hybridized carbons (Fsp3) is 1.00. The molecule has 0 saturated heterocycles. The second kappa shape index (κ2) is 7.64. The number of hydrogen-bond acceptors (Lipinski definition) is 2. The van der Waals surface area contributed by atoms with Crippen molar-refractivity contribution in [3.8, 4) is 0 Å². The van der Waals surface area contributed by atoms with Crippen molar-refractivity contribution in [2.24, 2.45) is 0 Å². The Kier molecular flexibility index (Phi) is 7.60. The summed E-state index contributed by atoms with van der Waals surface area (Å²) in [6.45, 7) is 20.9. The molecule has 19 heavy (non-hydrogen) atoms. The van der Waals surface area contributed by atoms with Crippen LogP contribution in [0.5, 0.6) is 0 Å². The summed E-state index contributed by atoms with van der Waals surface area (Å²) in [5.74, 6) is 0. The third-order valence-corrected chi connectivity index (χ3v) is 4.75. The van der Waals surface area contributed by atoms with Crippen molar-refractivity contribution in [1.29, 1.82) is 0 Å². The minimum absolute atomic E-state index is 0.293. The van der Waals surface area contributed by atoms with E-state index >= 15 is 0 Å². The lowest BCUT2D eigenvalue weighted by Gasteiger charge is -2.41. The Morgan fingerprint density at radius 2 is 1.53 bits per heavy atom. The molecule has 0 aliphatic carbocycles. The van der Waals surface area contributed by atoms with E-state index in [1.807, 2.05) is 0 Å². The molecule has 0 heterocycles. The smallest absolute Gasteiger partial charge is 0.0153 e. The van der Waals surface area contributed by atoms with Gasteiger partial charge in [0, 0.05) is 17.1 Å². The SMILES string of the molecule is CCC(C)N(C)C(C)(C)CCCN(CC)C(C)(C)C. The van der Waals surface area contributed by atoms with E-state index in [0.29, 0.717) is 17.1 Å². The first-order valence-electron chi connectivity index (χ1n) is 8.04. The highest BCUT2D eigenvalue weighted by atomic mass is 15.2. The molecule has 0 aliphatic rings. The second-order valence-electron chi connectivity index (χ2n) is 7.53. The van der Waals surface area contributed by atoms with Crippen LogP contribution in [0, 0.1) is 0 Å². The van der Waals surface area contributed by atoms with Gasteiger partial charge in [0.15, 0.2) is 0 Å². The van der Waals surface area contributed by atoms with Gasteiger partial charge in [-0.3, -0.25) is 9.80 Å². The van der Waals surface area contributed by atoms with Gasteiger partial charge in [0.05, 0.1) is 0 Å². The van der Waals surface area contributed by atoms with Crippen LogP contribution in [-0.4, -0.2) is 47.1 Å². The van der Waals surface area contributed by atoms with E-state index in [2.05, 4.69) is 72.2 Å². The van der Waals surface area contributed by atoms with Gasteiger partial charge in [-0.15, -0.1) is 0 Å². The standard InChI is InChI=1S/C17H38N2/c1-10-15(3)18(9)17(7,8)13-12-14-19(11-2)16(4,5)6/h15H,10-14H2,1-9H3. The summed E-state index contributed by atoms with van der Waals surface area (Å²) in [5, 5.41) is 0. The highest BCUT2D eigenvalue weighted by Gasteiger charge is 2.27. The molecule has 116 valence electrons. The molecule has 0 amide bonds. The first-order chi connectivity index (χ1) is 8.56. The van der Waals surface area contributed by atoms with Gasteiger partial charge in [-0.2, -0.15) is 0 Å². The Morgan fingerprint density at radius 1 is 1.00 bits per heavy atom. The third-order valence-electron chi connectivity index (χ3n) is 4.75. The van der Waals surface area contributed by atoms with Gasteiger partial charge in [-0.05, 0) is 80.9 Å². The molecule has 1 unspecified atom stereocenters. The van der Waals surface area contributed by atoms with Gasteiger partial charge in [0.25, 0.3) is 0 Å². The van der Waals surface area contributed by atoms with Gasteiger partial charge in [0.1, 0.15) is 0 Å². The van der Waals surface area contributed by atoms with E-state index in [-0.39, 0.29) is 0 Å². The number of hydrogen-bond donors (Lipinski definition) is 0. The Morgan fingerprint density at radius 3 is 1.89 bits per heavy atom. The van der Waals surface area contributed by atoms with E-state index in [4.69, 9.17) is 0 Å². The quantitative estimate of drug-likeness (QED) is 0.645. The lowest BCUT2D eigenvalue weighted by atomic mass is 9.93. The molecule has 0 aromatic heterocycles. The molecule has 0 aromatic carbocycles. The molecule has 2 heteroatoms. The van der Waals surface area contributed by atoms with Gasteiger partial charge >= 0.3 is 0 Å². The number of nitrogens with zero attached hydrogens (tertiary/aromatic N) is 2. The normalized spacial score (nSPS) is 15.3. The molecular formula is C17H38N2. The third kappa shape index (κ3) is 6.27. The van der Waals surface area contributed by atoms with Crippen molar-refractivity contribution in [3.63, 3.8) is 0 Å². The predicted octanol–water partition coefficient (Wildman–Crippen LogP) is 4.40. The molecule has 0 spiro atoms. The summed E-state index contributed by atoms with van der Waals surface area (Å²) < 4.78 is 0. The van der Waals surface area contributed by atoms with Crippen LogP contribution in [0.1, 0.15) is 74.7 Å². The Bertz CT molecular complexity index is 240. The van der Waals surface area contributed by atoms with Crippen LogP contribution in [0.25, 0.3) is 0 Å². The molecule has 0 aliphatic heterocycles. The molecule has 2 nitrogen and oxygen atoms in total.